The Kier molecular flexibility index (Phi) is 3.25. The summed E-state index contributed by atoms with van der Waals surface area (Å²) in [7, 11) is -3.58. The molecule has 0 aliphatic carbocycles. The first-order valence-corrected chi connectivity index (χ1v) is 6.53. The van der Waals surface area contributed by atoms with Crippen molar-refractivity contribution in [3.8, 4) is 0 Å². The molecule has 0 spiro atoms. The van der Waals surface area contributed by atoms with Crippen LogP contribution in [0.2, 0.25) is 0 Å². The molecule has 0 aliphatic heterocycles. The molecule has 0 radical (unpaired) electrons. The second-order valence-corrected chi connectivity index (χ2v) is 5.05. The molecule has 0 unspecified atom stereocenters. The number of sulfonamides is 1. The molecular formula is C9H12N4O3S. The summed E-state index contributed by atoms with van der Waals surface area (Å²) in [4.78, 5) is 3.95. The van der Waals surface area contributed by atoms with Gasteiger partial charge in [-0.25, -0.2) is 18.1 Å². The first-order chi connectivity index (χ1) is 8.12. The molecule has 0 aliphatic rings. The van der Waals surface area contributed by atoms with E-state index in [9.17, 15) is 8.42 Å². The van der Waals surface area contributed by atoms with E-state index in [1.165, 1.54) is 12.3 Å². The number of rotatable bonds is 5. The van der Waals surface area contributed by atoms with Crippen LogP contribution in [-0.4, -0.2) is 23.6 Å². The van der Waals surface area contributed by atoms with Gasteiger partial charge in [0.1, 0.15) is 5.76 Å². The van der Waals surface area contributed by atoms with E-state index >= 15 is 0 Å². The molecular weight excluding hydrogens is 244 g/mol. The Morgan fingerprint density at radius 3 is 2.94 bits per heavy atom. The molecule has 2 heterocycles. The van der Waals surface area contributed by atoms with E-state index in [0.29, 0.717) is 5.89 Å². The number of nitrogens with zero attached hydrogens (tertiary/aromatic N) is 2. The van der Waals surface area contributed by atoms with E-state index in [2.05, 4.69) is 19.9 Å². The second-order valence-electron chi connectivity index (χ2n) is 3.32. The Balaban J connectivity index is 2.03. The summed E-state index contributed by atoms with van der Waals surface area (Å²) in [6.07, 6.45) is 3.68. The smallest absolute Gasteiger partial charge is 0.257 e. The molecule has 0 saturated carbocycles. The van der Waals surface area contributed by atoms with Crippen LogP contribution in [0.4, 0.5) is 0 Å². The molecule has 0 atom stereocenters. The predicted octanol–water partition coefficient (Wildman–Crippen LogP) is 0.439. The highest BCUT2D eigenvalue weighted by atomic mass is 32.2. The molecule has 2 rings (SSSR count). The van der Waals surface area contributed by atoms with Gasteiger partial charge >= 0.3 is 0 Å². The number of aromatic amines is 1. The lowest BCUT2D eigenvalue weighted by molar-refractivity contribution is 0.452. The molecule has 2 N–H and O–H groups in total. The average molecular weight is 256 g/mol. The summed E-state index contributed by atoms with van der Waals surface area (Å²) in [5.41, 5.74) is 0. The maximum atomic E-state index is 11.7. The minimum Gasteiger partial charge on any atom is -0.444 e. The van der Waals surface area contributed by atoms with Crippen LogP contribution in [0, 0.1) is 0 Å². The molecule has 17 heavy (non-hydrogen) atoms. The van der Waals surface area contributed by atoms with Gasteiger partial charge in [0.15, 0.2) is 5.03 Å². The topological polar surface area (TPSA) is 101 Å². The van der Waals surface area contributed by atoms with Crippen LogP contribution in [0.1, 0.15) is 18.6 Å². The molecule has 8 heteroatoms. The third kappa shape index (κ3) is 2.71. The van der Waals surface area contributed by atoms with Crippen LogP contribution in [-0.2, 0) is 23.0 Å². The van der Waals surface area contributed by atoms with E-state index < -0.39 is 10.0 Å². The lowest BCUT2D eigenvalue weighted by atomic mass is 10.4. The SMILES string of the molecule is CCc1cnc(CNS(=O)(=O)c2ccn[nH]2)o1. The van der Waals surface area contributed by atoms with Crippen LogP contribution in [0.15, 0.2) is 27.9 Å². The van der Waals surface area contributed by atoms with Gasteiger partial charge in [0.25, 0.3) is 10.0 Å². The Morgan fingerprint density at radius 1 is 1.53 bits per heavy atom. The lowest BCUT2D eigenvalue weighted by Gasteiger charge is -2.01. The summed E-state index contributed by atoms with van der Waals surface area (Å²) >= 11 is 0. The number of hydrogen-bond donors (Lipinski definition) is 2. The average Bonchev–Trinajstić information content (AvgIpc) is 2.98. The van der Waals surface area contributed by atoms with Crippen molar-refractivity contribution in [2.75, 3.05) is 0 Å². The lowest BCUT2D eigenvalue weighted by Crippen LogP contribution is -2.23. The Bertz CT molecular complexity index is 573. The van der Waals surface area contributed by atoms with Crippen molar-refractivity contribution in [3.63, 3.8) is 0 Å². The summed E-state index contributed by atoms with van der Waals surface area (Å²) in [5, 5.41) is 5.97. The highest BCUT2D eigenvalue weighted by Gasteiger charge is 2.16. The second kappa shape index (κ2) is 4.68. The number of nitrogens with one attached hydrogen (secondary N) is 2. The van der Waals surface area contributed by atoms with Gasteiger partial charge in [-0.1, -0.05) is 6.92 Å². The molecule has 2 aromatic rings. The Morgan fingerprint density at radius 2 is 2.35 bits per heavy atom. The zero-order chi connectivity index (χ0) is 12.3. The minimum atomic E-state index is -3.58. The summed E-state index contributed by atoms with van der Waals surface area (Å²) in [6, 6.07) is 1.37. The van der Waals surface area contributed by atoms with Crippen LogP contribution in [0.3, 0.4) is 0 Å². The molecule has 0 amide bonds. The van der Waals surface area contributed by atoms with Crippen molar-refractivity contribution in [2.45, 2.75) is 24.9 Å². The zero-order valence-corrected chi connectivity index (χ0v) is 9.99. The van der Waals surface area contributed by atoms with Gasteiger partial charge in [0.2, 0.25) is 5.89 Å². The summed E-state index contributed by atoms with van der Waals surface area (Å²) in [5.74, 6) is 1.06. The summed E-state index contributed by atoms with van der Waals surface area (Å²) in [6.45, 7) is 1.94. The van der Waals surface area contributed by atoms with Gasteiger partial charge in [-0.15, -0.1) is 0 Å². The first-order valence-electron chi connectivity index (χ1n) is 5.04. The third-order valence-corrected chi connectivity index (χ3v) is 3.46. The molecule has 0 saturated heterocycles. The molecule has 7 nitrogen and oxygen atoms in total. The first kappa shape index (κ1) is 11.8. The number of H-pyrrole nitrogens is 1. The molecule has 92 valence electrons. The minimum absolute atomic E-state index is 0.0137. The van der Waals surface area contributed by atoms with Crippen molar-refractivity contribution in [1.29, 1.82) is 0 Å². The number of aromatic nitrogens is 3. The van der Waals surface area contributed by atoms with E-state index in [-0.39, 0.29) is 11.6 Å². The van der Waals surface area contributed by atoms with E-state index in [4.69, 9.17) is 4.42 Å². The molecule has 0 bridgehead atoms. The van der Waals surface area contributed by atoms with Crippen molar-refractivity contribution in [1.82, 2.24) is 19.9 Å². The van der Waals surface area contributed by atoms with Gasteiger partial charge in [-0.2, -0.15) is 5.10 Å². The molecule has 0 fully saturated rings. The fourth-order valence-corrected chi connectivity index (χ4v) is 2.10. The van der Waals surface area contributed by atoms with Gasteiger partial charge in [-0.3, -0.25) is 5.10 Å². The number of hydrogen-bond acceptors (Lipinski definition) is 5. The van der Waals surface area contributed by atoms with Crippen LogP contribution >= 0.6 is 0 Å². The normalized spacial score (nSPS) is 11.8. The fraction of sp³-hybridized carbons (Fsp3) is 0.333. The van der Waals surface area contributed by atoms with Crippen molar-refractivity contribution in [3.05, 3.63) is 30.1 Å². The molecule has 2 aromatic heterocycles. The summed E-state index contributed by atoms with van der Waals surface area (Å²) < 4.78 is 31.0. The van der Waals surface area contributed by atoms with Crippen molar-refractivity contribution < 1.29 is 12.8 Å². The predicted molar refractivity (Wildman–Crippen MR) is 58.5 cm³/mol. The van der Waals surface area contributed by atoms with Gasteiger partial charge in [0.05, 0.1) is 18.9 Å². The number of aryl methyl sites for hydroxylation is 1. The maximum Gasteiger partial charge on any atom is 0.257 e. The quantitative estimate of drug-likeness (QED) is 0.808. The van der Waals surface area contributed by atoms with Crippen LogP contribution in [0.25, 0.3) is 0 Å². The number of oxazole rings is 1. The van der Waals surface area contributed by atoms with Crippen LogP contribution < -0.4 is 4.72 Å². The maximum absolute atomic E-state index is 11.7. The van der Waals surface area contributed by atoms with Crippen molar-refractivity contribution >= 4 is 10.0 Å². The molecule has 0 aromatic carbocycles. The fourth-order valence-electron chi connectivity index (χ4n) is 1.22. The van der Waals surface area contributed by atoms with E-state index in [0.717, 1.165) is 12.2 Å². The Hall–Kier alpha value is -1.67. The standard InChI is InChI=1S/C9H12N4O3S/c1-2-7-5-10-8(16-7)6-12-17(14,15)9-3-4-11-13-9/h3-5,12H,2,6H2,1H3,(H,11,13). The van der Waals surface area contributed by atoms with E-state index in [1.54, 1.807) is 6.20 Å². The van der Waals surface area contributed by atoms with Crippen molar-refractivity contribution in [2.24, 2.45) is 0 Å². The highest BCUT2D eigenvalue weighted by molar-refractivity contribution is 7.89. The van der Waals surface area contributed by atoms with Gasteiger partial charge < -0.3 is 4.42 Å². The zero-order valence-electron chi connectivity index (χ0n) is 9.17. The van der Waals surface area contributed by atoms with Gasteiger partial charge in [-0.05, 0) is 6.07 Å². The largest absolute Gasteiger partial charge is 0.444 e. The monoisotopic (exact) mass is 256 g/mol. The van der Waals surface area contributed by atoms with Gasteiger partial charge in [0, 0.05) is 6.42 Å². The highest BCUT2D eigenvalue weighted by Crippen LogP contribution is 2.06. The third-order valence-electron chi connectivity index (χ3n) is 2.13. The Labute approximate surface area is 98.3 Å². The van der Waals surface area contributed by atoms with Crippen LogP contribution in [0.5, 0.6) is 0 Å². The van der Waals surface area contributed by atoms with E-state index in [1.807, 2.05) is 6.92 Å².